The van der Waals surface area contributed by atoms with E-state index >= 15 is 0 Å². The average molecular weight is 343 g/mol. The van der Waals surface area contributed by atoms with Gasteiger partial charge in [-0.1, -0.05) is 17.7 Å². The lowest BCUT2D eigenvalue weighted by atomic mass is 10.2. The van der Waals surface area contributed by atoms with Crippen molar-refractivity contribution in [3.63, 3.8) is 0 Å². The van der Waals surface area contributed by atoms with E-state index < -0.39 is 15.8 Å². The molecule has 2 rings (SSSR count). The summed E-state index contributed by atoms with van der Waals surface area (Å²) in [6, 6.07) is 3.97. The molecule has 0 aromatic heterocycles. The van der Waals surface area contributed by atoms with E-state index in [1.165, 1.54) is 22.5 Å². The summed E-state index contributed by atoms with van der Waals surface area (Å²) in [6.07, 6.45) is 0.805. The number of nitrogens with zero attached hydrogens (tertiary/aromatic N) is 1. The van der Waals surface area contributed by atoms with Crippen molar-refractivity contribution in [3.8, 4) is 0 Å². The number of benzene rings is 1. The number of sulfonamides is 1. The van der Waals surface area contributed by atoms with Crippen LogP contribution < -0.4 is 5.32 Å². The van der Waals surface area contributed by atoms with Crippen LogP contribution in [0.25, 0.3) is 0 Å². The van der Waals surface area contributed by atoms with Gasteiger partial charge < -0.3 is 5.32 Å². The van der Waals surface area contributed by atoms with Gasteiger partial charge in [-0.05, 0) is 30.7 Å². The molecule has 1 heterocycles. The highest BCUT2D eigenvalue weighted by molar-refractivity contribution is 7.88. The van der Waals surface area contributed by atoms with Gasteiger partial charge in [-0.15, -0.1) is 12.4 Å². The zero-order valence-corrected chi connectivity index (χ0v) is 13.4. The Kier molecular flexibility index (Phi) is 6.22. The number of hydrogen-bond acceptors (Lipinski definition) is 3. The second kappa shape index (κ2) is 7.04. The van der Waals surface area contributed by atoms with Gasteiger partial charge in [-0.3, -0.25) is 0 Å². The maximum atomic E-state index is 13.0. The first-order valence-electron chi connectivity index (χ1n) is 6.00. The average Bonchev–Trinajstić information content (AvgIpc) is 2.86. The number of hydrogen-bond donors (Lipinski definition) is 1. The summed E-state index contributed by atoms with van der Waals surface area (Å²) in [7, 11) is -1.83. The third-order valence-electron chi connectivity index (χ3n) is 3.32. The first-order valence-corrected chi connectivity index (χ1v) is 7.99. The lowest BCUT2D eigenvalue weighted by Gasteiger charge is -2.23. The van der Waals surface area contributed by atoms with E-state index in [0.29, 0.717) is 12.1 Å². The van der Waals surface area contributed by atoms with E-state index in [9.17, 15) is 12.8 Å². The molecular formula is C12H17Cl2FN2O2S. The van der Waals surface area contributed by atoms with Gasteiger partial charge in [0.2, 0.25) is 10.0 Å². The highest BCUT2D eigenvalue weighted by Crippen LogP contribution is 2.20. The molecule has 0 radical (unpaired) electrons. The fourth-order valence-corrected chi connectivity index (χ4v) is 3.76. The molecule has 1 aromatic rings. The Morgan fingerprint density at radius 2 is 2.20 bits per heavy atom. The predicted octanol–water partition coefficient (Wildman–Crippen LogP) is 2.02. The molecule has 1 saturated heterocycles. The van der Waals surface area contributed by atoms with Gasteiger partial charge in [0.05, 0.1) is 10.8 Å². The first kappa shape index (κ1) is 17.7. The van der Waals surface area contributed by atoms with Crippen LogP contribution in [-0.2, 0) is 15.8 Å². The Morgan fingerprint density at radius 1 is 1.50 bits per heavy atom. The molecule has 4 nitrogen and oxygen atoms in total. The molecule has 1 aliphatic heterocycles. The SMILES string of the molecule is CN(C1CCNC1)S(=O)(=O)Cc1ccc(F)c(Cl)c1.Cl. The van der Waals surface area contributed by atoms with Crippen LogP contribution in [-0.4, -0.2) is 38.9 Å². The van der Waals surface area contributed by atoms with Gasteiger partial charge in [0.25, 0.3) is 0 Å². The summed E-state index contributed by atoms with van der Waals surface area (Å²) in [4.78, 5) is 0. The normalized spacial score (nSPS) is 19.1. The quantitative estimate of drug-likeness (QED) is 0.910. The zero-order valence-electron chi connectivity index (χ0n) is 11.0. The molecule has 1 unspecified atom stereocenters. The summed E-state index contributed by atoms with van der Waals surface area (Å²) in [5.74, 6) is -0.712. The van der Waals surface area contributed by atoms with E-state index in [4.69, 9.17) is 11.6 Å². The van der Waals surface area contributed by atoms with Crippen LogP contribution >= 0.6 is 24.0 Å². The molecule has 8 heteroatoms. The van der Waals surface area contributed by atoms with E-state index in [1.54, 1.807) is 7.05 Å². The van der Waals surface area contributed by atoms with Crippen LogP contribution in [0.3, 0.4) is 0 Å². The van der Waals surface area contributed by atoms with Crippen molar-refractivity contribution < 1.29 is 12.8 Å². The minimum Gasteiger partial charge on any atom is -0.315 e. The fourth-order valence-electron chi connectivity index (χ4n) is 2.12. The molecule has 114 valence electrons. The highest BCUT2D eigenvalue weighted by Gasteiger charge is 2.28. The maximum absolute atomic E-state index is 13.0. The Balaban J connectivity index is 0.00000200. The van der Waals surface area contributed by atoms with Crippen LogP contribution in [0.4, 0.5) is 4.39 Å². The topological polar surface area (TPSA) is 49.4 Å². The highest BCUT2D eigenvalue weighted by atomic mass is 35.5. The van der Waals surface area contributed by atoms with Crippen molar-refractivity contribution in [1.29, 1.82) is 0 Å². The van der Waals surface area contributed by atoms with Crippen molar-refractivity contribution in [3.05, 3.63) is 34.6 Å². The van der Waals surface area contributed by atoms with E-state index in [-0.39, 0.29) is 29.2 Å². The van der Waals surface area contributed by atoms with Crippen LogP contribution in [0.1, 0.15) is 12.0 Å². The van der Waals surface area contributed by atoms with Crippen LogP contribution in [0, 0.1) is 5.82 Å². The smallest absolute Gasteiger partial charge is 0.218 e. The van der Waals surface area contributed by atoms with Crippen LogP contribution in [0.15, 0.2) is 18.2 Å². The Hall–Kier alpha value is -0.400. The van der Waals surface area contributed by atoms with Crippen molar-refractivity contribution in [2.24, 2.45) is 0 Å². The molecule has 1 aromatic carbocycles. The molecule has 1 atom stereocenters. The number of likely N-dealkylation sites (N-methyl/N-ethyl adjacent to an activating group) is 1. The standard InChI is InChI=1S/C12H16ClFN2O2S.ClH/c1-16(10-4-5-15-7-10)19(17,18)8-9-2-3-12(14)11(13)6-9;/h2-3,6,10,15H,4-5,7-8H2,1H3;1H. The van der Waals surface area contributed by atoms with E-state index in [2.05, 4.69) is 5.32 Å². The molecule has 0 spiro atoms. The summed E-state index contributed by atoms with van der Waals surface area (Å²) < 4.78 is 38.9. The first-order chi connectivity index (χ1) is 8.90. The molecular weight excluding hydrogens is 326 g/mol. The second-order valence-electron chi connectivity index (χ2n) is 4.67. The number of rotatable bonds is 4. The molecule has 0 amide bonds. The molecule has 0 bridgehead atoms. The molecule has 1 N–H and O–H groups in total. The Morgan fingerprint density at radius 3 is 2.75 bits per heavy atom. The number of halogens is 3. The van der Waals surface area contributed by atoms with E-state index in [0.717, 1.165) is 13.0 Å². The lowest BCUT2D eigenvalue weighted by molar-refractivity contribution is 0.387. The summed E-state index contributed by atoms with van der Waals surface area (Å²) >= 11 is 5.66. The summed E-state index contributed by atoms with van der Waals surface area (Å²) in [5.41, 5.74) is 0.490. The summed E-state index contributed by atoms with van der Waals surface area (Å²) in [5, 5.41) is 3.07. The van der Waals surface area contributed by atoms with Crippen molar-refractivity contribution >= 4 is 34.0 Å². The van der Waals surface area contributed by atoms with Gasteiger partial charge in [0, 0.05) is 19.6 Å². The maximum Gasteiger partial charge on any atom is 0.218 e. The third-order valence-corrected chi connectivity index (χ3v) is 5.48. The van der Waals surface area contributed by atoms with Crippen molar-refractivity contribution in [2.75, 3.05) is 20.1 Å². The van der Waals surface area contributed by atoms with Crippen molar-refractivity contribution in [2.45, 2.75) is 18.2 Å². The van der Waals surface area contributed by atoms with Gasteiger partial charge in [0.1, 0.15) is 5.82 Å². The molecule has 0 saturated carbocycles. The van der Waals surface area contributed by atoms with Crippen molar-refractivity contribution in [1.82, 2.24) is 9.62 Å². The molecule has 1 fully saturated rings. The molecule has 0 aliphatic carbocycles. The monoisotopic (exact) mass is 342 g/mol. The van der Waals surface area contributed by atoms with E-state index in [1.807, 2.05) is 0 Å². The van der Waals surface area contributed by atoms with Gasteiger partial charge >= 0.3 is 0 Å². The largest absolute Gasteiger partial charge is 0.315 e. The van der Waals surface area contributed by atoms with Crippen LogP contribution in [0.5, 0.6) is 0 Å². The van der Waals surface area contributed by atoms with Gasteiger partial charge in [-0.2, -0.15) is 0 Å². The van der Waals surface area contributed by atoms with Gasteiger partial charge in [-0.25, -0.2) is 17.1 Å². The zero-order chi connectivity index (χ0) is 14.0. The Bertz CT molecular complexity index is 563. The third kappa shape index (κ3) is 4.05. The molecule has 1 aliphatic rings. The summed E-state index contributed by atoms with van der Waals surface area (Å²) in [6.45, 7) is 1.49. The lowest BCUT2D eigenvalue weighted by Crippen LogP contribution is -2.39. The van der Waals surface area contributed by atoms with Gasteiger partial charge in [0.15, 0.2) is 0 Å². The Labute approximate surface area is 129 Å². The fraction of sp³-hybridized carbons (Fsp3) is 0.500. The molecule has 20 heavy (non-hydrogen) atoms. The number of nitrogens with one attached hydrogen (secondary N) is 1. The minimum absolute atomic E-state index is 0. The van der Waals surface area contributed by atoms with Crippen LogP contribution in [0.2, 0.25) is 5.02 Å². The minimum atomic E-state index is -3.41. The second-order valence-corrected chi connectivity index (χ2v) is 7.10. The predicted molar refractivity (Wildman–Crippen MR) is 80.3 cm³/mol.